The molecule has 0 unspecified atom stereocenters. The van der Waals surface area contributed by atoms with Crippen LogP contribution >= 0.6 is 0 Å². The fraction of sp³-hybridized carbons (Fsp3) is 0.571. The van der Waals surface area contributed by atoms with Crippen molar-refractivity contribution in [1.29, 1.82) is 0 Å². The third kappa shape index (κ3) is 4.28. The second kappa shape index (κ2) is 8.92. The number of aryl methyl sites for hydroxylation is 1. The summed E-state index contributed by atoms with van der Waals surface area (Å²) < 4.78 is 13.3. The first-order valence-electron chi connectivity index (χ1n) is 10.3. The van der Waals surface area contributed by atoms with Crippen LogP contribution in [0.1, 0.15) is 41.2 Å². The van der Waals surface area contributed by atoms with Gasteiger partial charge in [0.1, 0.15) is 5.56 Å². The molecule has 0 aromatic carbocycles. The maximum absolute atomic E-state index is 13.5. The quantitative estimate of drug-likeness (QED) is 0.765. The summed E-state index contributed by atoms with van der Waals surface area (Å²) in [6.45, 7) is 4.03. The van der Waals surface area contributed by atoms with E-state index in [0.29, 0.717) is 24.6 Å². The first-order valence-corrected chi connectivity index (χ1v) is 10.3. The smallest absolute Gasteiger partial charge is 0.260 e. The summed E-state index contributed by atoms with van der Waals surface area (Å²) in [6.07, 6.45) is 9.08. The van der Waals surface area contributed by atoms with Gasteiger partial charge >= 0.3 is 0 Å². The van der Waals surface area contributed by atoms with E-state index in [2.05, 4.69) is 15.0 Å². The molecule has 2 atom stereocenters. The molecule has 2 aliphatic rings. The van der Waals surface area contributed by atoms with Gasteiger partial charge in [-0.3, -0.25) is 9.48 Å². The Balaban J connectivity index is 1.64. The molecular weight excluding hydrogens is 370 g/mol. The van der Waals surface area contributed by atoms with Gasteiger partial charge in [0.05, 0.1) is 32.1 Å². The monoisotopic (exact) mass is 399 g/mol. The molecule has 0 spiro atoms. The van der Waals surface area contributed by atoms with Crippen LogP contribution in [0.2, 0.25) is 0 Å². The highest BCUT2D eigenvalue weighted by Gasteiger charge is 2.39. The first-order chi connectivity index (χ1) is 14.2. The fourth-order valence-electron chi connectivity index (χ4n) is 4.37. The van der Waals surface area contributed by atoms with Crippen LogP contribution in [-0.2, 0) is 11.8 Å². The van der Waals surface area contributed by atoms with Crippen molar-refractivity contribution in [1.82, 2.24) is 24.6 Å². The molecule has 2 aliphatic heterocycles. The molecule has 156 valence electrons. The van der Waals surface area contributed by atoms with Crippen LogP contribution in [0.3, 0.4) is 0 Å². The predicted octanol–water partition coefficient (Wildman–Crippen LogP) is 1.89. The molecule has 0 aliphatic carbocycles. The summed E-state index contributed by atoms with van der Waals surface area (Å²) in [5, 5.41) is 4.35. The van der Waals surface area contributed by atoms with Crippen LogP contribution in [0.4, 0.5) is 0 Å². The van der Waals surface area contributed by atoms with Gasteiger partial charge in [0.2, 0.25) is 5.88 Å². The normalized spacial score (nSPS) is 23.2. The van der Waals surface area contributed by atoms with Gasteiger partial charge in [0.15, 0.2) is 0 Å². The Hall–Kier alpha value is -2.45. The third-order valence-electron chi connectivity index (χ3n) is 5.76. The van der Waals surface area contributed by atoms with Gasteiger partial charge in [-0.2, -0.15) is 5.10 Å². The van der Waals surface area contributed by atoms with E-state index in [1.165, 1.54) is 26.4 Å². The lowest BCUT2D eigenvalue weighted by molar-refractivity contribution is -0.0742. The number of piperidine rings is 1. The van der Waals surface area contributed by atoms with Crippen molar-refractivity contribution in [3.05, 3.63) is 41.9 Å². The van der Waals surface area contributed by atoms with Crippen LogP contribution in [0.5, 0.6) is 5.88 Å². The van der Waals surface area contributed by atoms with Crippen molar-refractivity contribution in [3.8, 4) is 5.88 Å². The third-order valence-corrected chi connectivity index (χ3v) is 5.76. The molecule has 29 heavy (non-hydrogen) atoms. The minimum Gasteiger partial charge on any atom is -0.480 e. The first kappa shape index (κ1) is 19.8. The van der Waals surface area contributed by atoms with Crippen molar-refractivity contribution in [2.45, 2.75) is 31.4 Å². The minimum atomic E-state index is -0.197. The van der Waals surface area contributed by atoms with Crippen LogP contribution in [0.25, 0.3) is 0 Å². The molecule has 2 aromatic heterocycles. The zero-order valence-corrected chi connectivity index (χ0v) is 17.2. The zero-order chi connectivity index (χ0) is 20.2. The molecule has 1 amide bonds. The lowest BCUT2D eigenvalue weighted by Crippen LogP contribution is -2.52. The number of pyridine rings is 1. The molecule has 4 rings (SSSR count). The Labute approximate surface area is 171 Å². The largest absolute Gasteiger partial charge is 0.480 e. The average molecular weight is 399 g/mol. The number of nitrogens with zero attached hydrogens (tertiary/aromatic N) is 5. The van der Waals surface area contributed by atoms with Crippen LogP contribution < -0.4 is 4.74 Å². The van der Waals surface area contributed by atoms with Crippen molar-refractivity contribution in [2.75, 3.05) is 39.9 Å². The molecule has 4 heterocycles. The summed E-state index contributed by atoms with van der Waals surface area (Å²) in [4.78, 5) is 22.1. The van der Waals surface area contributed by atoms with Crippen molar-refractivity contribution < 1.29 is 14.3 Å². The minimum absolute atomic E-state index is 0.0873. The molecule has 2 fully saturated rings. The van der Waals surface area contributed by atoms with Gasteiger partial charge in [-0.15, -0.1) is 0 Å². The molecular formula is C21H29N5O3. The molecule has 8 heteroatoms. The molecule has 0 N–H and O–H groups in total. The maximum Gasteiger partial charge on any atom is 0.260 e. The van der Waals surface area contributed by atoms with Crippen LogP contribution in [0.15, 0.2) is 30.7 Å². The zero-order valence-electron chi connectivity index (χ0n) is 17.2. The molecule has 0 radical (unpaired) electrons. The number of methoxy groups -OCH3 is 1. The van der Waals surface area contributed by atoms with Crippen molar-refractivity contribution >= 4 is 5.91 Å². The van der Waals surface area contributed by atoms with Gasteiger partial charge in [-0.05, 0) is 38.1 Å². The topological polar surface area (TPSA) is 72.7 Å². The Morgan fingerprint density at radius 2 is 2.10 bits per heavy atom. The highest BCUT2D eigenvalue weighted by molar-refractivity contribution is 5.96. The highest BCUT2D eigenvalue weighted by atomic mass is 16.5. The van der Waals surface area contributed by atoms with Crippen molar-refractivity contribution in [3.63, 3.8) is 0 Å². The number of rotatable bonds is 5. The molecule has 2 aromatic rings. The number of carbonyl (C=O) groups is 1. The second-order valence-corrected chi connectivity index (χ2v) is 7.72. The summed E-state index contributed by atoms with van der Waals surface area (Å²) >= 11 is 0. The van der Waals surface area contributed by atoms with E-state index in [1.54, 1.807) is 23.0 Å². The molecule has 2 saturated heterocycles. The highest BCUT2D eigenvalue weighted by Crippen LogP contribution is 2.33. The van der Waals surface area contributed by atoms with Gasteiger partial charge in [0, 0.05) is 38.1 Å². The van der Waals surface area contributed by atoms with E-state index in [0.717, 1.165) is 25.2 Å². The Morgan fingerprint density at radius 1 is 1.28 bits per heavy atom. The van der Waals surface area contributed by atoms with E-state index in [1.807, 2.05) is 24.3 Å². The number of likely N-dealkylation sites (tertiary alicyclic amines) is 1. The second-order valence-electron chi connectivity index (χ2n) is 7.72. The predicted molar refractivity (Wildman–Crippen MR) is 108 cm³/mol. The number of morpholine rings is 1. The number of amides is 1. The molecule has 0 saturated carbocycles. The van der Waals surface area contributed by atoms with E-state index in [4.69, 9.17) is 9.47 Å². The average Bonchev–Trinajstić information content (AvgIpc) is 3.19. The molecule has 8 nitrogen and oxygen atoms in total. The summed E-state index contributed by atoms with van der Waals surface area (Å²) in [7, 11) is 3.43. The lowest BCUT2D eigenvalue weighted by Gasteiger charge is -2.43. The Bertz CT molecular complexity index is 833. The SMILES string of the molecule is COc1ncccc1C(=O)N1CCO[C@@H](CN2CCCCC2)[C@@H]1c1cnn(C)c1. The van der Waals surface area contributed by atoms with Gasteiger partial charge in [0.25, 0.3) is 5.91 Å². The maximum atomic E-state index is 13.5. The summed E-state index contributed by atoms with van der Waals surface area (Å²) in [6, 6.07) is 3.33. The van der Waals surface area contributed by atoms with E-state index < -0.39 is 0 Å². The van der Waals surface area contributed by atoms with Crippen LogP contribution in [-0.4, -0.2) is 76.5 Å². The molecule has 0 bridgehead atoms. The van der Waals surface area contributed by atoms with Gasteiger partial charge in [-0.25, -0.2) is 4.98 Å². The Morgan fingerprint density at radius 3 is 2.83 bits per heavy atom. The van der Waals surface area contributed by atoms with E-state index in [-0.39, 0.29) is 18.1 Å². The summed E-state index contributed by atoms with van der Waals surface area (Å²) in [5.41, 5.74) is 1.47. The van der Waals surface area contributed by atoms with Crippen LogP contribution in [0, 0.1) is 0 Å². The standard InChI is InChI=1S/C21H29N5O3/c1-24-14-16(13-23-24)19-18(15-25-9-4-3-5-10-25)29-12-11-26(19)21(27)17-7-6-8-22-20(17)28-2/h6-8,13-14,18-19H,3-5,9-12,15H2,1-2H3/t18-,19-/m0/s1. The lowest BCUT2D eigenvalue weighted by atomic mass is 9.98. The number of hydrogen-bond acceptors (Lipinski definition) is 6. The number of carbonyl (C=O) groups excluding carboxylic acids is 1. The Kier molecular flexibility index (Phi) is 6.10. The number of aromatic nitrogens is 3. The summed E-state index contributed by atoms with van der Waals surface area (Å²) in [5.74, 6) is 0.261. The number of hydrogen-bond donors (Lipinski definition) is 0. The van der Waals surface area contributed by atoms with E-state index >= 15 is 0 Å². The van der Waals surface area contributed by atoms with Gasteiger partial charge in [-0.1, -0.05) is 6.42 Å². The van der Waals surface area contributed by atoms with Crippen molar-refractivity contribution in [2.24, 2.45) is 7.05 Å². The fourth-order valence-corrected chi connectivity index (χ4v) is 4.37. The van der Waals surface area contributed by atoms with Gasteiger partial charge < -0.3 is 19.3 Å². The number of ether oxygens (including phenoxy) is 2. The van der Waals surface area contributed by atoms with E-state index in [9.17, 15) is 4.79 Å².